The Balaban J connectivity index is 2.51. The normalized spacial score (nSPS) is 23.7. The molecule has 2 unspecified atom stereocenters. The van der Waals surface area contributed by atoms with Crippen LogP contribution < -0.4 is 5.32 Å². The summed E-state index contributed by atoms with van der Waals surface area (Å²) < 4.78 is 4.88. The molecule has 0 amide bonds. The van der Waals surface area contributed by atoms with Gasteiger partial charge in [-0.15, -0.1) is 0 Å². The van der Waals surface area contributed by atoms with Gasteiger partial charge in [0.05, 0.1) is 7.11 Å². The van der Waals surface area contributed by atoms with Gasteiger partial charge in [-0.3, -0.25) is 4.79 Å². The summed E-state index contributed by atoms with van der Waals surface area (Å²) >= 11 is 0. The summed E-state index contributed by atoms with van der Waals surface area (Å²) in [6.07, 6.45) is 3.47. The molecule has 1 N–H and O–H groups in total. The van der Waals surface area contributed by atoms with E-state index < -0.39 is 0 Å². The van der Waals surface area contributed by atoms with Gasteiger partial charge in [0.1, 0.15) is 6.04 Å². The minimum atomic E-state index is -0.173. The maximum absolute atomic E-state index is 11.7. The first-order valence-corrected chi connectivity index (χ1v) is 7.14. The molecule has 0 aromatic rings. The second-order valence-electron chi connectivity index (χ2n) is 5.47. The highest BCUT2D eigenvalue weighted by Gasteiger charge is 2.26. The van der Waals surface area contributed by atoms with Gasteiger partial charge in [-0.1, -0.05) is 20.8 Å². The van der Waals surface area contributed by atoms with Crippen molar-refractivity contribution < 1.29 is 9.53 Å². The van der Waals surface area contributed by atoms with Crippen LogP contribution in [0.15, 0.2) is 0 Å². The first-order chi connectivity index (χ1) is 8.58. The Bertz CT molecular complexity index is 256. The number of methoxy groups -OCH3 is 1. The zero-order chi connectivity index (χ0) is 13.5. The third-order valence-corrected chi connectivity index (χ3v) is 3.80. The molecule has 1 fully saturated rings. The van der Waals surface area contributed by atoms with Crippen molar-refractivity contribution in [1.82, 2.24) is 10.2 Å². The Kier molecular flexibility index (Phi) is 6.65. The Morgan fingerprint density at radius 1 is 1.39 bits per heavy atom. The van der Waals surface area contributed by atoms with E-state index in [0.29, 0.717) is 6.04 Å². The average Bonchev–Trinajstić information content (AvgIpc) is 2.59. The number of ether oxygens (including phenoxy) is 1. The van der Waals surface area contributed by atoms with E-state index in [1.54, 1.807) is 0 Å². The van der Waals surface area contributed by atoms with Gasteiger partial charge in [0.25, 0.3) is 0 Å². The third-order valence-electron chi connectivity index (χ3n) is 3.80. The van der Waals surface area contributed by atoms with Crippen molar-refractivity contribution in [2.75, 3.05) is 26.7 Å². The molecule has 0 saturated carbocycles. The molecule has 1 aliphatic rings. The van der Waals surface area contributed by atoms with Gasteiger partial charge in [-0.25, -0.2) is 0 Å². The third kappa shape index (κ3) is 4.58. The van der Waals surface area contributed by atoms with Crippen LogP contribution in [0.5, 0.6) is 0 Å². The van der Waals surface area contributed by atoms with Gasteiger partial charge in [0.15, 0.2) is 0 Å². The fourth-order valence-electron chi connectivity index (χ4n) is 2.55. The molecule has 0 bridgehead atoms. The van der Waals surface area contributed by atoms with Gasteiger partial charge < -0.3 is 15.0 Å². The summed E-state index contributed by atoms with van der Waals surface area (Å²) in [4.78, 5) is 14.2. The molecule has 0 aromatic heterocycles. The molecule has 0 spiro atoms. The van der Waals surface area contributed by atoms with Crippen molar-refractivity contribution in [3.63, 3.8) is 0 Å². The van der Waals surface area contributed by atoms with Crippen molar-refractivity contribution in [3.05, 3.63) is 0 Å². The molecule has 1 rings (SSSR count). The number of hydrogen-bond donors (Lipinski definition) is 1. The van der Waals surface area contributed by atoms with Crippen LogP contribution in [0.25, 0.3) is 0 Å². The number of hydrogen-bond acceptors (Lipinski definition) is 4. The monoisotopic (exact) mass is 256 g/mol. The number of carbonyl (C=O) groups is 1. The molecule has 1 saturated heterocycles. The minimum absolute atomic E-state index is 0.137. The highest BCUT2D eigenvalue weighted by atomic mass is 16.5. The van der Waals surface area contributed by atoms with E-state index in [0.717, 1.165) is 25.9 Å². The molecule has 2 atom stereocenters. The number of rotatable bonds is 5. The van der Waals surface area contributed by atoms with Crippen molar-refractivity contribution >= 4 is 5.97 Å². The topological polar surface area (TPSA) is 41.6 Å². The van der Waals surface area contributed by atoms with E-state index in [1.165, 1.54) is 20.1 Å². The average molecular weight is 256 g/mol. The van der Waals surface area contributed by atoms with Crippen LogP contribution in [0.4, 0.5) is 0 Å². The predicted molar refractivity (Wildman–Crippen MR) is 73.5 cm³/mol. The van der Waals surface area contributed by atoms with E-state index >= 15 is 0 Å². The first kappa shape index (κ1) is 15.4. The molecule has 4 nitrogen and oxygen atoms in total. The number of esters is 1. The zero-order valence-corrected chi connectivity index (χ0v) is 12.2. The lowest BCUT2D eigenvalue weighted by Gasteiger charge is -2.26. The van der Waals surface area contributed by atoms with Crippen LogP contribution in [0, 0.1) is 5.92 Å². The van der Waals surface area contributed by atoms with Crippen LogP contribution in [0.3, 0.4) is 0 Å². The van der Waals surface area contributed by atoms with E-state index in [2.05, 4.69) is 31.0 Å². The summed E-state index contributed by atoms with van der Waals surface area (Å²) in [7, 11) is 1.46. The standard InChI is InChI=1S/C14H28N2O2/c1-5-16-9-6-7-12(8-10-16)15-13(11(2)3)14(17)18-4/h11-13,15H,5-10H2,1-4H3. The molecule has 0 aromatic carbocycles. The second-order valence-corrected chi connectivity index (χ2v) is 5.47. The van der Waals surface area contributed by atoms with Crippen molar-refractivity contribution in [1.29, 1.82) is 0 Å². The highest BCUT2D eigenvalue weighted by molar-refractivity contribution is 5.75. The van der Waals surface area contributed by atoms with Crippen LogP contribution >= 0.6 is 0 Å². The predicted octanol–water partition coefficient (Wildman–Crippen LogP) is 1.65. The lowest BCUT2D eigenvalue weighted by Crippen LogP contribution is -2.47. The molecule has 18 heavy (non-hydrogen) atoms. The van der Waals surface area contributed by atoms with Gasteiger partial charge in [0.2, 0.25) is 0 Å². The van der Waals surface area contributed by atoms with Gasteiger partial charge in [0, 0.05) is 6.04 Å². The molecule has 1 aliphatic heterocycles. The molecule has 0 aliphatic carbocycles. The molecule has 106 valence electrons. The quantitative estimate of drug-likeness (QED) is 0.759. The summed E-state index contributed by atoms with van der Waals surface area (Å²) in [5.41, 5.74) is 0. The maximum atomic E-state index is 11.7. The Morgan fingerprint density at radius 2 is 2.11 bits per heavy atom. The lowest BCUT2D eigenvalue weighted by molar-refractivity contribution is -0.144. The highest BCUT2D eigenvalue weighted by Crippen LogP contribution is 2.14. The van der Waals surface area contributed by atoms with Crippen molar-refractivity contribution in [2.45, 2.75) is 52.1 Å². The molecule has 1 heterocycles. The Hall–Kier alpha value is -0.610. The molecular weight excluding hydrogens is 228 g/mol. The van der Waals surface area contributed by atoms with Crippen LogP contribution in [-0.4, -0.2) is 49.7 Å². The first-order valence-electron chi connectivity index (χ1n) is 7.14. The van der Waals surface area contributed by atoms with Gasteiger partial charge in [-0.2, -0.15) is 0 Å². The fourth-order valence-corrected chi connectivity index (χ4v) is 2.55. The van der Waals surface area contributed by atoms with E-state index in [4.69, 9.17) is 4.74 Å². The summed E-state index contributed by atoms with van der Waals surface area (Å²) in [5.74, 6) is 0.129. The van der Waals surface area contributed by atoms with E-state index in [1.807, 2.05) is 0 Å². The van der Waals surface area contributed by atoms with E-state index in [-0.39, 0.29) is 17.9 Å². The minimum Gasteiger partial charge on any atom is -0.468 e. The van der Waals surface area contributed by atoms with E-state index in [9.17, 15) is 4.79 Å². The molecule has 4 heteroatoms. The van der Waals surface area contributed by atoms with Crippen LogP contribution in [0.2, 0.25) is 0 Å². The van der Waals surface area contributed by atoms with Crippen molar-refractivity contribution in [3.8, 4) is 0 Å². The van der Waals surface area contributed by atoms with Crippen LogP contribution in [-0.2, 0) is 9.53 Å². The second kappa shape index (κ2) is 7.74. The lowest BCUT2D eigenvalue weighted by atomic mass is 10.0. The number of carbonyl (C=O) groups excluding carboxylic acids is 1. The zero-order valence-electron chi connectivity index (χ0n) is 12.2. The maximum Gasteiger partial charge on any atom is 0.323 e. The van der Waals surface area contributed by atoms with Gasteiger partial charge in [-0.05, 0) is 44.8 Å². The van der Waals surface area contributed by atoms with Crippen molar-refractivity contribution in [2.24, 2.45) is 5.92 Å². The molecule has 0 radical (unpaired) electrons. The molecular formula is C14H28N2O2. The summed E-state index contributed by atoms with van der Waals surface area (Å²) in [5, 5.41) is 3.49. The number of nitrogens with zero attached hydrogens (tertiary/aromatic N) is 1. The van der Waals surface area contributed by atoms with Crippen LogP contribution in [0.1, 0.15) is 40.0 Å². The Labute approximate surface area is 111 Å². The number of nitrogens with one attached hydrogen (secondary N) is 1. The Morgan fingerprint density at radius 3 is 2.67 bits per heavy atom. The smallest absolute Gasteiger partial charge is 0.323 e. The summed E-state index contributed by atoms with van der Waals surface area (Å²) in [6, 6.07) is 0.265. The number of likely N-dealkylation sites (tertiary alicyclic amines) is 1. The SMILES string of the molecule is CCN1CCCC(NC(C(=O)OC)C(C)C)CC1. The van der Waals surface area contributed by atoms with Gasteiger partial charge >= 0.3 is 5.97 Å². The summed E-state index contributed by atoms with van der Waals surface area (Å²) in [6.45, 7) is 9.75. The fraction of sp³-hybridized carbons (Fsp3) is 0.929. The largest absolute Gasteiger partial charge is 0.468 e.